The van der Waals surface area contributed by atoms with E-state index in [0.29, 0.717) is 42.3 Å². The summed E-state index contributed by atoms with van der Waals surface area (Å²) in [6.45, 7) is 2.45. The maximum absolute atomic E-state index is 13.1. The van der Waals surface area contributed by atoms with Crippen LogP contribution in [0.4, 0.5) is 5.95 Å². The van der Waals surface area contributed by atoms with Gasteiger partial charge >= 0.3 is 0 Å². The Morgan fingerprint density at radius 2 is 1.83 bits per heavy atom. The zero-order chi connectivity index (χ0) is 20.5. The number of carbonyl (C=O) groups excluding carboxylic acids is 1. The van der Waals surface area contributed by atoms with Crippen LogP contribution in [0.2, 0.25) is 0 Å². The lowest BCUT2D eigenvalue weighted by Gasteiger charge is -2.34. The third kappa shape index (κ3) is 3.48. The topological polar surface area (TPSA) is 84.2 Å². The zero-order valence-corrected chi connectivity index (χ0v) is 17.6. The highest BCUT2D eigenvalue weighted by Crippen LogP contribution is 2.33. The predicted octanol–water partition coefficient (Wildman–Crippen LogP) is 2.33. The van der Waals surface area contributed by atoms with Gasteiger partial charge in [-0.15, -0.1) is 22.7 Å². The van der Waals surface area contributed by atoms with Gasteiger partial charge in [-0.25, -0.2) is 15.0 Å². The standard InChI is InChI=1S/C20H18N6O2S2/c27-16(24-6-8-25(9-7-24)20-21-4-2-5-22-20)11-26-13-23-18-17(19(26)28)14(12-30-18)15-3-1-10-29-15/h1-5,10,12-13H,6-9,11H2. The van der Waals surface area contributed by atoms with Crippen molar-refractivity contribution in [3.8, 4) is 10.4 Å². The Morgan fingerprint density at radius 1 is 1.03 bits per heavy atom. The quantitative estimate of drug-likeness (QED) is 0.486. The van der Waals surface area contributed by atoms with Crippen molar-refractivity contribution in [2.45, 2.75) is 6.54 Å². The van der Waals surface area contributed by atoms with Gasteiger partial charge < -0.3 is 9.80 Å². The molecule has 0 unspecified atom stereocenters. The number of piperazine rings is 1. The van der Waals surface area contributed by atoms with E-state index in [2.05, 4.69) is 19.9 Å². The van der Waals surface area contributed by atoms with E-state index in [9.17, 15) is 9.59 Å². The molecule has 1 fully saturated rings. The number of fused-ring (bicyclic) bond motifs is 1. The lowest BCUT2D eigenvalue weighted by atomic mass is 10.2. The van der Waals surface area contributed by atoms with Gasteiger partial charge in [0.1, 0.15) is 11.4 Å². The number of nitrogens with zero attached hydrogens (tertiary/aromatic N) is 6. The van der Waals surface area contributed by atoms with Crippen LogP contribution in [-0.4, -0.2) is 56.5 Å². The number of rotatable bonds is 4. The number of amides is 1. The van der Waals surface area contributed by atoms with Gasteiger partial charge in [0.05, 0.1) is 11.7 Å². The van der Waals surface area contributed by atoms with Crippen molar-refractivity contribution in [1.82, 2.24) is 24.4 Å². The van der Waals surface area contributed by atoms with Crippen LogP contribution in [0.5, 0.6) is 0 Å². The fourth-order valence-corrected chi connectivity index (χ4v) is 5.27. The van der Waals surface area contributed by atoms with Gasteiger partial charge in [0.2, 0.25) is 11.9 Å². The largest absolute Gasteiger partial charge is 0.338 e. The van der Waals surface area contributed by atoms with Crippen molar-refractivity contribution in [2.24, 2.45) is 0 Å². The van der Waals surface area contributed by atoms with Crippen LogP contribution in [0.15, 0.2) is 52.5 Å². The molecule has 1 saturated heterocycles. The number of thiophene rings is 2. The van der Waals surface area contributed by atoms with E-state index < -0.39 is 0 Å². The van der Waals surface area contributed by atoms with E-state index in [1.54, 1.807) is 34.7 Å². The van der Waals surface area contributed by atoms with Gasteiger partial charge in [-0.3, -0.25) is 14.2 Å². The van der Waals surface area contributed by atoms with Gasteiger partial charge in [0, 0.05) is 54.4 Å². The van der Waals surface area contributed by atoms with E-state index >= 15 is 0 Å². The monoisotopic (exact) mass is 438 g/mol. The number of hydrogen-bond donors (Lipinski definition) is 0. The summed E-state index contributed by atoms with van der Waals surface area (Å²) in [5, 5.41) is 4.53. The minimum atomic E-state index is -0.172. The smallest absolute Gasteiger partial charge is 0.263 e. The Balaban J connectivity index is 1.32. The van der Waals surface area contributed by atoms with Crippen molar-refractivity contribution >= 4 is 44.7 Å². The lowest BCUT2D eigenvalue weighted by Crippen LogP contribution is -2.50. The van der Waals surface area contributed by atoms with Crippen LogP contribution in [0.3, 0.4) is 0 Å². The molecule has 30 heavy (non-hydrogen) atoms. The molecule has 1 amide bonds. The predicted molar refractivity (Wildman–Crippen MR) is 118 cm³/mol. The molecule has 0 aliphatic carbocycles. The third-order valence-electron chi connectivity index (χ3n) is 5.12. The molecular formula is C20H18N6O2S2. The number of anilines is 1. The zero-order valence-electron chi connectivity index (χ0n) is 16.0. The van der Waals surface area contributed by atoms with E-state index in [-0.39, 0.29) is 18.0 Å². The molecule has 8 nitrogen and oxygen atoms in total. The molecule has 0 radical (unpaired) electrons. The Kier molecular flexibility index (Phi) is 5.01. The van der Waals surface area contributed by atoms with Crippen LogP contribution < -0.4 is 10.5 Å². The number of aromatic nitrogens is 4. The molecule has 0 N–H and O–H groups in total. The van der Waals surface area contributed by atoms with Crippen LogP contribution in [-0.2, 0) is 11.3 Å². The second kappa shape index (κ2) is 7.96. The van der Waals surface area contributed by atoms with E-state index in [0.717, 1.165) is 10.4 Å². The molecule has 10 heteroatoms. The summed E-state index contributed by atoms with van der Waals surface area (Å²) in [5.74, 6) is 0.591. The first-order chi connectivity index (χ1) is 14.7. The SMILES string of the molecule is O=C(Cn1cnc2scc(-c3cccs3)c2c1=O)N1CCN(c2ncccn2)CC1. The van der Waals surface area contributed by atoms with Crippen molar-refractivity contribution in [2.75, 3.05) is 31.1 Å². The molecule has 0 spiro atoms. The molecule has 4 aromatic heterocycles. The fourth-order valence-electron chi connectivity index (χ4n) is 3.55. The summed E-state index contributed by atoms with van der Waals surface area (Å²) < 4.78 is 1.42. The van der Waals surface area contributed by atoms with Gasteiger partial charge in [-0.1, -0.05) is 6.07 Å². The van der Waals surface area contributed by atoms with E-state index in [1.165, 1.54) is 22.2 Å². The molecule has 152 valence electrons. The Labute approximate surface area is 180 Å². The second-order valence-corrected chi connectivity index (χ2v) is 8.71. The van der Waals surface area contributed by atoms with Gasteiger partial charge in [0.15, 0.2) is 0 Å². The molecule has 4 aromatic rings. The van der Waals surface area contributed by atoms with Crippen LogP contribution in [0.25, 0.3) is 20.7 Å². The number of hydrogen-bond acceptors (Lipinski definition) is 8. The van der Waals surface area contributed by atoms with Crippen molar-refractivity contribution < 1.29 is 4.79 Å². The Morgan fingerprint density at radius 3 is 2.57 bits per heavy atom. The average Bonchev–Trinajstić information content (AvgIpc) is 3.46. The van der Waals surface area contributed by atoms with Gasteiger partial charge in [-0.05, 0) is 17.5 Å². The first-order valence-corrected chi connectivity index (χ1v) is 11.3. The summed E-state index contributed by atoms with van der Waals surface area (Å²) in [7, 11) is 0. The highest BCUT2D eigenvalue weighted by molar-refractivity contribution is 7.18. The summed E-state index contributed by atoms with van der Waals surface area (Å²) >= 11 is 3.04. The molecule has 0 aromatic carbocycles. The Bertz CT molecular complexity index is 1230. The number of carbonyl (C=O) groups is 1. The molecule has 0 atom stereocenters. The van der Waals surface area contributed by atoms with Crippen molar-refractivity contribution in [3.63, 3.8) is 0 Å². The maximum atomic E-state index is 13.1. The Hall–Kier alpha value is -3.11. The van der Waals surface area contributed by atoms with Crippen LogP contribution in [0, 0.1) is 0 Å². The summed E-state index contributed by atoms with van der Waals surface area (Å²) in [5.41, 5.74) is 0.718. The highest BCUT2D eigenvalue weighted by atomic mass is 32.1. The van der Waals surface area contributed by atoms with E-state index in [4.69, 9.17) is 0 Å². The average molecular weight is 439 g/mol. The molecule has 5 rings (SSSR count). The second-order valence-electron chi connectivity index (χ2n) is 6.90. The first kappa shape index (κ1) is 18.9. The minimum absolute atomic E-state index is 0.0106. The normalized spacial score (nSPS) is 14.4. The van der Waals surface area contributed by atoms with E-state index in [1.807, 2.05) is 22.9 Å². The minimum Gasteiger partial charge on any atom is -0.338 e. The summed E-state index contributed by atoms with van der Waals surface area (Å²) in [4.78, 5) is 44.5. The maximum Gasteiger partial charge on any atom is 0.263 e. The molecule has 0 bridgehead atoms. The molecule has 1 aliphatic heterocycles. The summed E-state index contributed by atoms with van der Waals surface area (Å²) in [6, 6.07) is 5.73. The molecular weight excluding hydrogens is 420 g/mol. The van der Waals surface area contributed by atoms with Gasteiger partial charge in [-0.2, -0.15) is 0 Å². The molecule has 1 aliphatic rings. The lowest BCUT2D eigenvalue weighted by molar-refractivity contribution is -0.132. The van der Waals surface area contributed by atoms with Crippen molar-refractivity contribution in [3.05, 3.63) is 58.0 Å². The third-order valence-corrected chi connectivity index (χ3v) is 6.91. The summed E-state index contributed by atoms with van der Waals surface area (Å²) in [6.07, 6.45) is 4.90. The molecule has 0 saturated carbocycles. The fraction of sp³-hybridized carbons (Fsp3) is 0.250. The van der Waals surface area contributed by atoms with Gasteiger partial charge in [0.25, 0.3) is 5.56 Å². The first-order valence-electron chi connectivity index (χ1n) is 9.51. The van der Waals surface area contributed by atoms with Crippen LogP contribution in [0.1, 0.15) is 0 Å². The van der Waals surface area contributed by atoms with Crippen LogP contribution >= 0.6 is 22.7 Å². The van der Waals surface area contributed by atoms with Crippen molar-refractivity contribution in [1.29, 1.82) is 0 Å². The molecule has 5 heterocycles. The highest BCUT2D eigenvalue weighted by Gasteiger charge is 2.23.